The first-order valence-electron chi connectivity index (χ1n) is 8.23. The van der Waals surface area contributed by atoms with Crippen molar-refractivity contribution in [2.24, 2.45) is 17.8 Å². The quantitative estimate of drug-likeness (QED) is 0.853. The largest absolute Gasteiger partial charge is 0.468 e. The summed E-state index contributed by atoms with van der Waals surface area (Å²) < 4.78 is 32.1. The lowest BCUT2D eigenvalue weighted by atomic mass is 9.99. The summed E-state index contributed by atoms with van der Waals surface area (Å²) in [6.45, 7) is 3.58. The van der Waals surface area contributed by atoms with Crippen LogP contribution in [0.25, 0.3) is 0 Å². The van der Waals surface area contributed by atoms with Gasteiger partial charge >= 0.3 is 0 Å². The number of carbonyl (C=O) groups excluding carboxylic acids is 1. The average Bonchev–Trinajstić information content (AvgIpc) is 3.01. The summed E-state index contributed by atoms with van der Waals surface area (Å²) >= 11 is 0. The van der Waals surface area contributed by atoms with Crippen molar-refractivity contribution in [1.82, 2.24) is 9.62 Å². The molecule has 23 heavy (non-hydrogen) atoms. The maximum Gasteiger partial charge on any atom is 0.225 e. The summed E-state index contributed by atoms with van der Waals surface area (Å²) in [7, 11) is -3.37. The van der Waals surface area contributed by atoms with Gasteiger partial charge in [0.05, 0.1) is 18.6 Å². The SMILES string of the molecule is C[C@@H]1C[C@@H]1C(=O)N1CCC[C@H](CS(=O)(=O)NCc2ccco2)C1. The van der Waals surface area contributed by atoms with Crippen LogP contribution in [0.5, 0.6) is 0 Å². The lowest BCUT2D eigenvalue weighted by Crippen LogP contribution is -2.44. The van der Waals surface area contributed by atoms with Gasteiger partial charge in [-0.15, -0.1) is 0 Å². The third kappa shape index (κ3) is 4.35. The van der Waals surface area contributed by atoms with Crippen molar-refractivity contribution in [3.63, 3.8) is 0 Å². The average molecular weight is 340 g/mol. The van der Waals surface area contributed by atoms with E-state index in [4.69, 9.17) is 4.42 Å². The highest BCUT2D eigenvalue weighted by atomic mass is 32.2. The van der Waals surface area contributed by atoms with E-state index in [0.29, 0.717) is 18.2 Å². The Morgan fingerprint density at radius 1 is 1.48 bits per heavy atom. The molecule has 0 unspecified atom stereocenters. The summed E-state index contributed by atoms with van der Waals surface area (Å²) in [5.41, 5.74) is 0. The van der Waals surface area contributed by atoms with Crippen molar-refractivity contribution in [3.05, 3.63) is 24.2 Å². The van der Waals surface area contributed by atoms with Gasteiger partial charge in [-0.2, -0.15) is 0 Å². The summed E-state index contributed by atoms with van der Waals surface area (Å²) in [4.78, 5) is 14.2. The van der Waals surface area contributed by atoms with Crippen LogP contribution in [0.4, 0.5) is 0 Å². The van der Waals surface area contributed by atoms with Crippen molar-refractivity contribution in [2.45, 2.75) is 32.7 Å². The van der Waals surface area contributed by atoms with Gasteiger partial charge in [0.25, 0.3) is 0 Å². The van der Waals surface area contributed by atoms with Gasteiger partial charge in [0.15, 0.2) is 0 Å². The zero-order valence-electron chi connectivity index (χ0n) is 13.4. The van der Waals surface area contributed by atoms with E-state index in [9.17, 15) is 13.2 Å². The molecule has 0 radical (unpaired) electrons. The highest BCUT2D eigenvalue weighted by Gasteiger charge is 2.42. The number of likely N-dealkylation sites (tertiary alicyclic amines) is 1. The smallest absolute Gasteiger partial charge is 0.225 e. The number of piperidine rings is 1. The molecule has 3 rings (SSSR count). The molecule has 1 aliphatic carbocycles. The molecule has 0 spiro atoms. The molecule has 1 aromatic heterocycles. The van der Waals surface area contributed by atoms with Crippen LogP contribution in [0.2, 0.25) is 0 Å². The molecule has 1 aliphatic heterocycles. The summed E-state index contributed by atoms with van der Waals surface area (Å²) in [5.74, 6) is 1.54. The molecule has 1 N–H and O–H groups in total. The minimum Gasteiger partial charge on any atom is -0.468 e. The second-order valence-electron chi connectivity index (χ2n) is 6.79. The Labute approximate surface area is 137 Å². The lowest BCUT2D eigenvalue weighted by molar-refractivity contribution is -0.134. The van der Waals surface area contributed by atoms with Crippen LogP contribution < -0.4 is 4.72 Å². The molecule has 3 atom stereocenters. The van der Waals surface area contributed by atoms with Crippen LogP contribution in [-0.4, -0.2) is 38.1 Å². The van der Waals surface area contributed by atoms with E-state index in [1.165, 1.54) is 6.26 Å². The molecule has 0 aromatic carbocycles. The number of nitrogens with zero attached hydrogens (tertiary/aromatic N) is 1. The van der Waals surface area contributed by atoms with Gasteiger partial charge in [-0.3, -0.25) is 4.79 Å². The number of furan rings is 1. The molecular weight excluding hydrogens is 316 g/mol. The predicted octanol–water partition coefficient (Wildman–Crippen LogP) is 1.59. The molecule has 0 bridgehead atoms. The molecule has 6 nitrogen and oxygen atoms in total. The van der Waals surface area contributed by atoms with E-state index in [1.54, 1.807) is 12.1 Å². The number of rotatable bonds is 6. The molecular formula is C16H24N2O4S. The molecule has 1 aromatic rings. The van der Waals surface area contributed by atoms with E-state index in [1.807, 2.05) is 4.90 Å². The lowest BCUT2D eigenvalue weighted by Gasteiger charge is -2.32. The van der Waals surface area contributed by atoms with Crippen LogP contribution in [-0.2, 0) is 21.4 Å². The Hall–Kier alpha value is -1.34. The summed E-state index contributed by atoms with van der Waals surface area (Å²) in [5, 5.41) is 0. The minimum absolute atomic E-state index is 0.0101. The van der Waals surface area contributed by atoms with Crippen LogP contribution in [0.15, 0.2) is 22.8 Å². The molecule has 7 heteroatoms. The van der Waals surface area contributed by atoms with Gasteiger partial charge < -0.3 is 9.32 Å². The van der Waals surface area contributed by atoms with E-state index < -0.39 is 10.0 Å². The predicted molar refractivity (Wildman–Crippen MR) is 85.9 cm³/mol. The van der Waals surface area contributed by atoms with Crippen LogP contribution in [0, 0.1) is 17.8 Å². The number of carbonyl (C=O) groups is 1. The number of sulfonamides is 1. The van der Waals surface area contributed by atoms with Crippen LogP contribution >= 0.6 is 0 Å². The normalized spacial score (nSPS) is 27.9. The van der Waals surface area contributed by atoms with Crippen molar-refractivity contribution in [2.75, 3.05) is 18.8 Å². The standard InChI is InChI=1S/C16H24N2O4S/c1-12-8-15(12)16(19)18-6-2-4-13(10-18)11-23(20,21)17-9-14-5-3-7-22-14/h3,5,7,12-13,15,17H,2,4,6,8-11H2,1H3/t12-,13+,15+/m1/s1. The van der Waals surface area contributed by atoms with Gasteiger partial charge in [0.2, 0.25) is 15.9 Å². The highest BCUT2D eigenvalue weighted by molar-refractivity contribution is 7.89. The number of nitrogens with one attached hydrogen (secondary N) is 1. The Balaban J connectivity index is 1.51. The van der Waals surface area contributed by atoms with Crippen molar-refractivity contribution in [1.29, 1.82) is 0 Å². The number of amides is 1. The molecule has 2 fully saturated rings. The minimum atomic E-state index is -3.37. The van der Waals surface area contributed by atoms with Gasteiger partial charge in [-0.1, -0.05) is 6.92 Å². The molecule has 1 amide bonds. The van der Waals surface area contributed by atoms with E-state index >= 15 is 0 Å². The second-order valence-corrected chi connectivity index (χ2v) is 8.65. The van der Waals surface area contributed by atoms with Crippen molar-refractivity contribution in [3.8, 4) is 0 Å². The maximum atomic E-state index is 12.3. The molecule has 1 saturated heterocycles. The van der Waals surface area contributed by atoms with Crippen molar-refractivity contribution < 1.29 is 17.6 Å². The Bertz CT molecular complexity index is 641. The first-order chi connectivity index (χ1) is 10.9. The maximum absolute atomic E-state index is 12.3. The van der Waals surface area contributed by atoms with E-state index in [2.05, 4.69) is 11.6 Å². The topological polar surface area (TPSA) is 79.6 Å². The number of hydrogen-bond acceptors (Lipinski definition) is 4. The monoisotopic (exact) mass is 340 g/mol. The van der Waals surface area contributed by atoms with E-state index in [0.717, 1.165) is 25.8 Å². The first-order valence-corrected chi connectivity index (χ1v) is 9.88. The number of hydrogen-bond donors (Lipinski definition) is 1. The fourth-order valence-electron chi connectivity index (χ4n) is 3.27. The molecule has 2 heterocycles. The summed E-state index contributed by atoms with van der Waals surface area (Å²) in [6, 6.07) is 3.47. The molecule has 128 valence electrons. The Kier molecular flexibility index (Phi) is 4.77. The van der Waals surface area contributed by atoms with Crippen LogP contribution in [0.3, 0.4) is 0 Å². The third-order valence-electron chi connectivity index (χ3n) is 4.76. The Morgan fingerprint density at radius 3 is 2.91 bits per heavy atom. The highest BCUT2D eigenvalue weighted by Crippen LogP contribution is 2.39. The second kappa shape index (κ2) is 6.65. The Morgan fingerprint density at radius 2 is 2.26 bits per heavy atom. The van der Waals surface area contributed by atoms with Gasteiger partial charge in [0.1, 0.15) is 5.76 Å². The first kappa shape index (κ1) is 16.5. The van der Waals surface area contributed by atoms with Gasteiger partial charge in [0, 0.05) is 19.0 Å². The van der Waals surface area contributed by atoms with Gasteiger partial charge in [-0.25, -0.2) is 13.1 Å². The fraction of sp³-hybridized carbons (Fsp3) is 0.688. The zero-order chi connectivity index (χ0) is 16.4. The fourth-order valence-corrected chi connectivity index (χ4v) is 4.64. The van der Waals surface area contributed by atoms with Crippen LogP contribution in [0.1, 0.15) is 31.9 Å². The third-order valence-corrected chi connectivity index (χ3v) is 6.25. The van der Waals surface area contributed by atoms with E-state index in [-0.39, 0.29) is 30.0 Å². The molecule has 2 aliphatic rings. The summed E-state index contributed by atoms with van der Waals surface area (Å²) in [6.07, 6.45) is 4.23. The van der Waals surface area contributed by atoms with Crippen molar-refractivity contribution >= 4 is 15.9 Å². The zero-order valence-corrected chi connectivity index (χ0v) is 14.2. The molecule has 1 saturated carbocycles. The van der Waals surface area contributed by atoms with Gasteiger partial charge in [-0.05, 0) is 43.2 Å².